The second-order valence-electron chi connectivity index (χ2n) is 3.42. The van der Waals surface area contributed by atoms with E-state index in [1.807, 2.05) is 6.92 Å². The smallest absolute Gasteiger partial charge is 0.220 e. The molecule has 2 N–H and O–H groups in total. The van der Waals surface area contributed by atoms with Crippen molar-refractivity contribution in [3.05, 3.63) is 0 Å². The molecule has 0 radical (unpaired) electrons. The molecule has 0 bridgehead atoms. The molecule has 3 nitrogen and oxygen atoms in total. The molecule has 0 aliphatic heterocycles. The molecule has 0 saturated heterocycles. The lowest BCUT2D eigenvalue weighted by Gasteiger charge is -2.15. The lowest BCUT2D eigenvalue weighted by Crippen LogP contribution is -2.39. The number of hydrogen-bond acceptors (Lipinski definition) is 2. The van der Waals surface area contributed by atoms with Crippen molar-refractivity contribution < 1.29 is 9.90 Å². The summed E-state index contributed by atoms with van der Waals surface area (Å²) in [6.07, 6.45) is 3.91. The molecule has 1 fully saturated rings. The maximum absolute atomic E-state index is 11.1. The van der Waals surface area contributed by atoms with Crippen LogP contribution in [-0.2, 0) is 4.79 Å². The van der Waals surface area contributed by atoms with Gasteiger partial charge in [-0.25, -0.2) is 0 Å². The molecule has 0 aromatic heterocycles. The predicted molar refractivity (Wildman–Crippen MR) is 46.7 cm³/mol. The Bertz CT molecular complexity index is 159. The van der Waals surface area contributed by atoms with Crippen molar-refractivity contribution in [3.8, 4) is 0 Å². The summed E-state index contributed by atoms with van der Waals surface area (Å²) in [7, 11) is 0. The van der Waals surface area contributed by atoms with E-state index in [9.17, 15) is 9.90 Å². The van der Waals surface area contributed by atoms with Crippen LogP contribution < -0.4 is 5.32 Å². The van der Waals surface area contributed by atoms with E-state index in [0.717, 1.165) is 25.7 Å². The number of carbonyl (C=O) groups is 1. The first-order valence-electron chi connectivity index (χ1n) is 4.71. The predicted octanol–water partition coefficient (Wildman–Crippen LogP) is 0.816. The van der Waals surface area contributed by atoms with Gasteiger partial charge >= 0.3 is 0 Å². The first-order chi connectivity index (χ1) is 5.74. The van der Waals surface area contributed by atoms with Gasteiger partial charge in [-0.1, -0.05) is 6.92 Å². The molecule has 2 atom stereocenters. The topological polar surface area (TPSA) is 49.3 Å². The average Bonchev–Trinajstić information content (AvgIpc) is 2.37. The van der Waals surface area contributed by atoms with Crippen LogP contribution >= 0.6 is 0 Å². The van der Waals surface area contributed by atoms with Crippen molar-refractivity contribution in [3.63, 3.8) is 0 Å². The third-order valence-electron chi connectivity index (χ3n) is 2.30. The molecule has 0 aromatic carbocycles. The third kappa shape index (κ3) is 2.48. The van der Waals surface area contributed by atoms with Gasteiger partial charge in [0.15, 0.2) is 0 Å². The average molecular weight is 171 g/mol. The molecule has 3 heteroatoms. The number of aliphatic hydroxyl groups excluding tert-OH is 1. The van der Waals surface area contributed by atoms with E-state index in [0.29, 0.717) is 6.42 Å². The Morgan fingerprint density at radius 1 is 1.58 bits per heavy atom. The van der Waals surface area contributed by atoms with Crippen molar-refractivity contribution in [1.29, 1.82) is 0 Å². The van der Waals surface area contributed by atoms with Gasteiger partial charge in [0, 0.05) is 6.42 Å². The molecular formula is C9H17NO2. The Balaban J connectivity index is 2.25. The van der Waals surface area contributed by atoms with Crippen molar-refractivity contribution in [2.75, 3.05) is 0 Å². The Labute approximate surface area is 73.2 Å². The highest BCUT2D eigenvalue weighted by Crippen LogP contribution is 2.18. The number of rotatable bonds is 3. The summed E-state index contributed by atoms with van der Waals surface area (Å²) in [5.74, 6) is 0.0726. The monoisotopic (exact) mass is 171 g/mol. The van der Waals surface area contributed by atoms with Gasteiger partial charge < -0.3 is 10.4 Å². The van der Waals surface area contributed by atoms with Gasteiger partial charge in [0.25, 0.3) is 0 Å². The third-order valence-corrected chi connectivity index (χ3v) is 2.30. The van der Waals surface area contributed by atoms with Crippen LogP contribution in [0.4, 0.5) is 0 Å². The minimum absolute atomic E-state index is 0.0176. The minimum Gasteiger partial charge on any atom is -0.391 e. The quantitative estimate of drug-likeness (QED) is 0.660. The van der Waals surface area contributed by atoms with E-state index in [1.54, 1.807) is 0 Å². The highest BCUT2D eigenvalue weighted by atomic mass is 16.3. The lowest BCUT2D eigenvalue weighted by molar-refractivity contribution is -0.122. The Morgan fingerprint density at radius 2 is 2.33 bits per heavy atom. The molecular weight excluding hydrogens is 154 g/mol. The number of hydrogen-bond donors (Lipinski definition) is 2. The number of carbonyl (C=O) groups excluding carboxylic acids is 1. The van der Waals surface area contributed by atoms with Crippen molar-refractivity contribution in [1.82, 2.24) is 5.32 Å². The molecule has 0 aromatic rings. The Kier molecular flexibility index (Phi) is 3.53. The first-order valence-corrected chi connectivity index (χ1v) is 4.71. The van der Waals surface area contributed by atoms with E-state index >= 15 is 0 Å². The fourth-order valence-electron chi connectivity index (χ4n) is 1.61. The summed E-state index contributed by atoms with van der Waals surface area (Å²) in [4.78, 5) is 11.1. The van der Waals surface area contributed by atoms with E-state index in [2.05, 4.69) is 5.32 Å². The van der Waals surface area contributed by atoms with Crippen LogP contribution in [0.2, 0.25) is 0 Å². The van der Waals surface area contributed by atoms with Crippen LogP contribution in [0, 0.1) is 0 Å². The maximum atomic E-state index is 11.1. The van der Waals surface area contributed by atoms with E-state index in [4.69, 9.17) is 0 Å². The van der Waals surface area contributed by atoms with Gasteiger partial charge in [-0.3, -0.25) is 4.79 Å². The van der Waals surface area contributed by atoms with E-state index < -0.39 is 0 Å². The molecule has 1 aliphatic carbocycles. The van der Waals surface area contributed by atoms with Gasteiger partial charge in [0.05, 0.1) is 12.1 Å². The lowest BCUT2D eigenvalue weighted by atomic mass is 10.2. The highest BCUT2D eigenvalue weighted by molar-refractivity contribution is 5.76. The summed E-state index contributed by atoms with van der Waals surface area (Å²) in [6.45, 7) is 1.98. The van der Waals surface area contributed by atoms with Crippen molar-refractivity contribution in [2.45, 2.75) is 51.2 Å². The molecule has 1 amide bonds. The first kappa shape index (κ1) is 9.52. The fourth-order valence-corrected chi connectivity index (χ4v) is 1.61. The van der Waals surface area contributed by atoms with Gasteiger partial charge in [0.2, 0.25) is 5.91 Å². The SMILES string of the molecule is CCCC(=O)N[C@H]1CCC[C@H]1O. The molecule has 1 aliphatic rings. The standard InChI is InChI=1S/C9H17NO2/c1-2-4-9(12)10-7-5-3-6-8(7)11/h7-8,11H,2-6H2,1H3,(H,10,12)/t7-,8+/m0/s1. The molecule has 0 heterocycles. The normalized spacial score (nSPS) is 28.8. The second kappa shape index (κ2) is 4.45. The Hall–Kier alpha value is -0.570. The molecule has 70 valence electrons. The molecule has 12 heavy (non-hydrogen) atoms. The maximum Gasteiger partial charge on any atom is 0.220 e. The molecule has 1 rings (SSSR count). The van der Waals surface area contributed by atoms with Gasteiger partial charge in [-0.15, -0.1) is 0 Å². The van der Waals surface area contributed by atoms with E-state index in [-0.39, 0.29) is 18.1 Å². The van der Waals surface area contributed by atoms with Gasteiger partial charge in [0.1, 0.15) is 0 Å². The summed E-state index contributed by atoms with van der Waals surface area (Å²) in [5, 5.41) is 12.2. The number of aliphatic hydroxyl groups is 1. The van der Waals surface area contributed by atoms with Crippen LogP contribution in [0.25, 0.3) is 0 Å². The van der Waals surface area contributed by atoms with E-state index in [1.165, 1.54) is 0 Å². The number of nitrogens with one attached hydrogen (secondary N) is 1. The van der Waals surface area contributed by atoms with Crippen LogP contribution in [0.5, 0.6) is 0 Å². The zero-order chi connectivity index (χ0) is 8.97. The number of amides is 1. The zero-order valence-electron chi connectivity index (χ0n) is 7.55. The summed E-state index contributed by atoms with van der Waals surface area (Å²) in [6, 6.07) is 0.0176. The molecule has 0 unspecified atom stereocenters. The highest BCUT2D eigenvalue weighted by Gasteiger charge is 2.25. The van der Waals surface area contributed by atoms with Crippen LogP contribution in [0.15, 0.2) is 0 Å². The summed E-state index contributed by atoms with van der Waals surface area (Å²) < 4.78 is 0. The second-order valence-corrected chi connectivity index (χ2v) is 3.42. The summed E-state index contributed by atoms with van der Waals surface area (Å²) in [5.41, 5.74) is 0. The van der Waals surface area contributed by atoms with Gasteiger partial charge in [-0.2, -0.15) is 0 Å². The molecule has 1 saturated carbocycles. The van der Waals surface area contributed by atoms with Crippen molar-refractivity contribution >= 4 is 5.91 Å². The Morgan fingerprint density at radius 3 is 2.83 bits per heavy atom. The van der Waals surface area contributed by atoms with Crippen LogP contribution in [0.1, 0.15) is 39.0 Å². The van der Waals surface area contributed by atoms with Crippen LogP contribution in [-0.4, -0.2) is 23.2 Å². The molecule has 0 spiro atoms. The zero-order valence-corrected chi connectivity index (χ0v) is 7.55. The summed E-state index contributed by atoms with van der Waals surface area (Å²) >= 11 is 0. The van der Waals surface area contributed by atoms with Crippen LogP contribution in [0.3, 0.4) is 0 Å². The van der Waals surface area contributed by atoms with Gasteiger partial charge in [-0.05, 0) is 25.7 Å². The van der Waals surface area contributed by atoms with Crippen molar-refractivity contribution in [2.24, 2.45) is 0 Å². The fraction of sp³-hybridized carbons (Fsp3) is 0.889. The largest absolute Gasteiger partial charge is 0.391 e. The minimum atomic E-state index is -0.314.